The SMILES string of the molecule is Cc1nc(CC(=O)Cc2cc(F)cc(F)c2)cs1. The predicted octanol–water partition coefficient (Wildman–Crippen LogP) is 3.08. The Kier molecular flexibility index (Phi) is 3.81. The number of aryl methyl sites for hydroxylation is 1. The van der Waals surface area contributed by atoms with Gasteiger partial charge in [0, 0.05) is 24.3 Å². The highest BCUT2D eigenvalue weighted by Gasteiger charge is 2.09. The van der Waals surface area contributed by atoms with E-state index in [1.807, 2.05) is 12.3 Å². The van der Waals surface area contributed by atoms with Gasteiger partial charge in [-0.2, -0.15) is 0 Å². The van der Waals surface area contributed by atoms with Crippen LogP contribution in [0, 0.1) is 18.6 Å². The molecule has 18 heavy (non-hydrogen) atoms. The van der Waals surface area contributed by atoms with E-state index < -0.39 is 11.6 Å². The van der Waals surface area contributed by atoms with E-state index in [1.54, 1.807) is 0 Å². The lowest BCUT2D eigenvalue weighted by atomic mass is 10.1. The van der Waals surface area contributed by atoms with E-state index in [2.05, 4.69) is 4.98 Å². The van der Waals surface area contributed by atoms with Crippen LogP contribution in [0.2, 0.25) is 0 Å². The van der Waals surface area contributed by atoms with Crippen LogP contribution in [0.3, 0.4) is 0 Å². The van der Waals surface area contributed by atoms with Crippen molar-refractivity contribution in [3.05, 3.63) is 51.5 Å². The van der Waals surface area contributed by atoms with E-state index in [0.29, 0.717) is 11.3 Å². The monoisotopic (exact) mass is 267 g/mol. The Morgan fingerprint density at radius 3 is 2.44 bits per heavy atom. The molecule has 2 rings (SSSR count). The highest BCUT2D eigenvalue weighted by atomic mass is 32.1. The van der Waals surface area contributed by atoms with Crippen molar-refractivity contribution in [2.75, 3.05) is 0 Å². The molecule has 0 aliphatic rings. The van der Waals surface area contributed by atoms with Crippen LogP contribution in [-0.4, -0.2) is 10.8 Å². The Morgan fingerprint density at radius 2 is 1.89 bits per heavy atom. The summed E-state index contributed by atoms with van der Waals surface area (Å²) in [6, 6.07) is 3.14. The van der Waals surface area contributed by atoms with Crippen molar-refractivity contribution in [2.45, 2.75) is 19.8 Å². The first-order valence-electron chi connectivity index (χ1n) is 5.40. The molecule has 1 aromatic heterocycles. The maximum atomic E-state index is 12.9. The summed E-state index contributed by atoms with van der Waals surface area (Å²) in [5.74, 6) is -1.44. The first-order chi connectivity index (χ1) is 8.52. The molecule has 2 aromatic rings. The zero-order valence-electron chi connectivity index (χ0n) is 9.74. The Labute approximate surface area is 107 Å². The molecule has 0 aliphatic carbocycles. The summed E-state index contributed by atoms with van der Waals surface area (Å²) in [6.07, 6.45) is 0.216. The van der Waals surface area contributed by atoms with Crippen molar-refractivity contribution in [3.63, 3.8) is 0 Å². The molecule has 0 saturated heterocycles. The van der Waals surface area contributed by atoms with Gasteiger partial charge in [-0.1, -0.05) is 0 Å². The smallest absolute Gasteiger partial charge is 0.143 e. The van der Waals surface area contributed by atoms with E-state index in [9.17, 15) is 13.6 Å². The summed E-state index contributed by atoms with van der Waals surface area (Å²) in [5, 5.41) is 2.72. The third-order valence-corrected chi connectivity index (χ3v) is 3.19. The van der Waals surface area contributed by atoms with Crippen LogP contribution in [0.15, 0.2) is 23.6 Å². The predicted molar refractivity (Wildman–Crippen MR) is 65.6 cm³/mol. The zero-order chi connectivity index (χ0) is 13.1. The molecule has 0 saturated carbocycles. The fraction of sp³-hybridized carbons (Fsp3) is 0.231. The fourth-order valence-corrected chi connectivity index (χ4v) is 2.31. The number of hydrogen-bond donors (Lipinski definition) is 0. The van der Waals surface area contributed by atoms with Crippen LogP contribution in [0.4, 0.5) is 8.78 Å². The molecule has 0 fully saturated rings. The second-order valence-corrected chi connectivity index (χ2v) is 5.09. The number of Topliss-reactive ketones (excluding diaryl/α,β-unsaturated/α-hetero) is 1. The number of nitrogens with zero attached hydrogens (tertiary/aromatic N) is 1. The molecule has 0 spiro atoms. The van der Waals surface area contributed by atoms with Crippen LogP contribution < -0.4 is 0 Å². The van der Waals surface area contributed by atoms with E-state index in [0.717, 1.165) is 11.1 Å². The molecule has 0 amide bonds. The number of carbonyl (C=O) groups excluding carboxylic acids is 1. The van der Waals surface area contributed by atoms with Gasteiger partial charge in [0.1, 0.15) is 17.4 Å². The van der Waals surface area contributed by atoms with Crippen LogP contribution >= 0.6 is 11.3 Å². The number of halogens is 2. The quantitative estimate of drug-likeness (QED) is 0.852. The van der Waals surface area contributed by atoms with E-state index in [-0.39, 0.29) is 18.6 Å². The minimum absolute atomic E-state index is 0.0191. The number of rotatable bonds is 4. The van der Waals surface area contributed by atoms with E-state index >= 15 is 0 Å². The highest BCUT2D eigenvalue weighted by molar-refractivity contribution is 7.09. The molecule has 0 bridgehead atoms. The highest BCUT2D eigenvalue weighted by Crippen LogP contribution is 2.12. The average molecular weight is 267 g/mol. The minimum atomic E-state index is -0.665. The maximum Gasteiger partial charge on any atom is 0.143 e. The largest absolute Gasteiger partial charge is 0.299 e. The molecule has 0 atom stereocenters. The maximum absolute atomic E-state index is 12.9. The number of aromatic nitrogens is 1. The summed E-state index contributed by atoms with van der Waals surface area (Å²) in [5.41, 5.74) is 1.06. The summed E-state index contributed by atoms with van der Waals surface area (Å²) in [4.78, 5) is 15.9. The van der Waals surface area contributed by atoms with E-state index in [1.165, 1.54) is 23.5 Å². The molecule has 1 aromatic carbocycles. The molecule has 5 heteroatoms. The molecule has 2 nitrogen and oxygen atoms in total. The summed E-state index contributed by atoms with van der Waals surface area (Å²) in [6.45, 7) is 1.86. The standard InChI is InChI=1S/C13H11F2NOS/c1-8-16-12(7-18-8)6-13(17)4-9-2-10(14)5-11(15)3-9/h2-3,5,7H,4,6H2,1H3. The molecule has 1 heterocycles. The first-order valence-corrected chi connectivity index (χ1v) is 6.28. The lowest BCUT2D eigenvalue weighted by Gasteiger charge is -2.01. The number of benzene rings is 1. The van der Waals surface area contributed by atoms with Gasteiger partial charge in [0.15, 0.2) is 0 Å². The molecule has 0 N–H and O–H groups in total. The summed E-state index contributed by atoms with van der Waals surface area (Å²) >= 11 is 1.47. The van der Waals surface area contributed by atoms with Gasteiger partial charge >= 0.3 is 0 Å². The number of ketones is 1. The van der Waals surface area contributed by atoms with Crippen LogP contribution in [0.5, 0.6) is 0 Å². The van der Waals surface area contributed by atoms with Gasteiger partial charge in [-0.25, -0.2) is 13.8 Å². The second-order valence-electron chi connectivity index (χ2n) is 4.03. The van der Waals surface area contributed by atoms with Crippen molar-refractivity contribution < 1.29 is 13.6 Å². The van der Waals surface area contributed by atoms with Gasteiger partial charge in [0.05, 0.1) is 10.7 Å². The Balaban J connectivity index is 2.02. The normalized spacial score (nSPS) is 10.6. The summed E-state index contributed by atoms with van der Waals surface area (Å²) < 4.78 is 25.9. The van der Waals surface area contributed by atoms with Crippen LogP contribution in [0.1, 0.15) is 16.3 Å². The van der Waals surface area contributed by atoms with Gasteiger partial charge < -0.3 is 0 Å². The first kappa shape index (κ1) is 12.8. The lowest BCUT2D eigenvalue weighted by molar-refractivity contribution is -0.117. The Bertz CT molecular complexity index is 560. The van der Waals surface area contributed by atoms with Crippen molar-refractivity contribution in [2.24, 2.45) is 0 Å². The molecule has 0 radical (unpaired) electrons. The average Bonchev–Trinajstić information content (AvgIpc) is 2.61. The number of hydrogen-bond acceptors (Lipinski definition) is 3. The van der Waals surface area contributed by atoms with Crippen molar-refractivity contribution >= 4 is 17.1 Å². The van der Waals surface area contributed by atoms with Gasteiger partial charge in [0.2, 0.25) is 0 Å². The van der Waals surface area contributed by atoms with Gasteiger partial charge in [-0.15, -0.1) is 11.3 Å². The number of carbonyl (C=O) groups is 1. The van der Waals surface area contributed by atoms with Gasteiger partial charge in [0.25, 0.3) is 0 Å². The topological polar surface area (TPSA) is 30.0 Å². The third kappa shape index (κ3) is 3.43. The molecule has 0 aliphatic heterocycles. The van der Waals surface area contributed by atoms with Crippen molar-refractivity contribution in [1.82, 2.24) is 4.98 Å². The van der Waals surface area contributed by atoms with Crippen LogP contribution in [0.25, 0.3) is 0 Å². The fourth-order valence-electron chi connectivity index (χ4n) is 1.69. The van der Waals surface area contributed by atoms with Crippen molar-refractivity contribution in [3.8, 4) is 0 Å². The van der Waals surface area contributed by atoms with Crippen molar-refractivity contribution in [1.29, 1.82) is 0 Å². The van der Waals surface area contributed by atoms with Crippen LogP contribution in [-0.2, 0) is 17.6 Å². The van der Waals surface area contributed by atoms with E-state index in [4.69, 9.17) is 0 Å². The third-order valence-electron chi connectivity index (χ3n) is 2.37. The lowest BCUT2D eigenvalue weighted by Crippen LogP contribution is -2.07. The second kappa shape index (κ2) is 5.35. The van der Waals surface area contributed by atoms with Gasteiger partial charge in [-0.05, 0) is 24.6 Å². The zero-order valence-corrected chi connectivity index (χ0v) is 10.6. The molecular weight excluding hydrogens is 256 g/mol. The Hall–Kier alpha value is -1.62. The summed E-state index contributed by atoms with van der Waals surface area (Å²) in [7, 11) is 0. The molecular formula is C13H11F2NOS. The number of thiazole rings is 1. The van der Waals surface area contributed by atoms with Gasteiger partial charge in [-0.3, -0.25) is 4.79 Å². The molecule has 94 valence electrons. The Morgan fingerprint density at radius 1 is 1.22 bits per heavy atom. The minimum Gasteiger partial charge on any atom is -0.299 e. The molecule has 0 unspecified atom stereocenters.